The Morgan fingerprint density at radius 2 is 1.84 bits per heavy atom. The molecule has 0 aliphatic carbocycles. The van der Waals surface area contributed by atoms with Gasteiger partial charge in [-0.3, -0.25) is 9.58 Å². The second-order valence-corrected chi connectivity index (χ2v) is 10.5. The zero-order valence-corrected chi connectivity index (χ0v) is 21.7. The second kappa shape index (κ2) is 10.4. The first kappa shape index (κ1) is 26.3. The molecule has 5 rings (SSSR count). The van der Waals surface area contributed by atoms with Crippen LogP contribution in [0.3, 0.4) is 0 Å². The van der Waals surface area contributed by atoms with E-state index in [1.807, 2.05) is 34.6 Å². The number of rotatable bonds is 5. The first-order valence-electron chi connectivity index (χ1n) is 13.0. The molecule has 38 heavy (non-hydrogen) atoms. The Balaban J connectivity index is 1.35. The summed E-state index contributed by atoms with van der Waals surface area (Å²) in [5.41, 5.74) is 1.07. The van der Waals surface area contributed by atoms with Crippen LogP contribution in [0, 0.1) is 29.6 Å². The third-order valence-electron chi connectivity index (χ3n) is 8.09. The summed E-state index contributed by atoms with van der Waals surface area (Å²) in [4.78, 5) is 10.0. The van der Waals surface area contributed by atoms with Crippen LogP contribution < -0.4 is 15.1 Å². The Morgan fingerprint density at radius 1 is 1.11 bits per heavy atom. The highest BCUT2D eigenvalue weighted by atomic mass is 19.4. The first-order valence-corrected chi connectivity index (χ1v) is 13.0. The topological polar surface area (TPSA) is 100 Å². The number of nitrogens with zero attached hydrogens (tertiary/aromatic N) is 8. The highest BCUT2D eigenvalue weighted by Crippen LogP contribution is 2.40. The maximum absolute atomic E-state index is 14.1. The van der Waals surface area contributed by atoms with E-state index in [-0.39, 0.29) is 17.9 Å². The number of aromatic nitrogens is 3. The Hall–Kier alpha value is -3.35. The van der Waals surface area contributed by atoms with Gasteiger partial charge < -0.3 is 15.1 Å². The van der Waals surface area contributed by atoms with Gasteiger partial charge in [0.25, 0.3) is 0 Å². The van der Waals surface area contributed by atoms with E-state index in [0.717, 1.165) is 38.0 Å². The largest absolute Gasteiger partial charge is 0.434 e. The fourth-order valence-corrected chi connectivity index (χ4v) is 6.08. The van der Waals surface area contributed by atoms with E-state index in [2.05, 4.69) is 26.4 Å². The van der Waals surface area contributed by atoms with Crippen LogP contribution >= 0.6 is 0 Å². The molecule has 1 N–H and O–H groups in total. The van der Waals surface area contributed by atoms with Gasteiger partial charge in [0.05, 0.1) is 24.4 Å². The predicted octanol–water partition coefficient (Wildman–Crippen LogP) is 2.77. The van der Waals surface area contributed by atoms with Crippen LogP contribution in [0.4, 0.5) is 24.7 Å². The molecule has 2 aromatic rings. The van der Waals surface area contributed by atoms with Crippen molar-refractivity contribution in [1.82, 2.24) is 25.0 Å². The van der Waals surface area contributed by atoms with Crippen molar-refractivity contribution in [2.75, 3.05) is 55.6 Å². The Morgan fingerprint density at radius 3 is 2.45 bits per heavy atom. The number of piperazine rings is 1. The average Bonchev–Trinajstić information content (AvgIpc) is 3.20. The van der Waals surface area contributed by atoms with E-state index in [1.54, 1.807) is 12.1 Å². The molecule has 3 fully saturated rings. The van der Waals surface area contributed by atoms with E-state index in [9.17, 15) is 18.4 Å². The van der Waals surface area contributed by atoms with Gasteiger partial charge in [-0.2, -0.15) is 28.8 Å². The molecule has 0 radical (unpaired) electrons. The van der Waals surface area contributed by atoms with Gasteiger partial charge in [0.2, 0.25) is 0 Å². The number of piperidine rings is 1. The van der Waals surface area contributed by atoms with E-state index in [1.165, 1.54) is 5.69 Å². The molecule has 3 saturated heterocycles. The summed E-state index contributed by atoms with van der Waals surface area (Å²) < 4.78 is 44.1. The van der Waals surface area contributed by atoms with Crippen LogP contribution in [-0.2, 0) is 13.2 Å². The minimum atomic E-state index is -4.73. The molecule has 202 valence electrons. The van der Waals surface area contributed by atoms with Crippen molar-refractivity contribution in [2.45, 2.75) is 50.4 Å². The van der Waals surface area contributed by atoms with Gasteiger partial charge >= 0.3 is 6.18 Å². The van der Waals surface area contributed by atoms with Crippen molar-refractivity contribution in [3.63, 3.8) is 0 Å². The van der Waals surface area contributed by atoms with Crippen molar-refractivity contribution < 1.29 is 13.2 Å². The SMILES string of the molecule is Cc1cnn(C)c1C1CCN(c2cc(N3CC(N4CCN[C@H](CC#N)C4)C3)c(C#N)c(C(F)(F)F)n2)CC1. The van der Waals surface area contributed by atoms with Gasteiger partial charge in [-0.05, 0) is 25.3 Å². The quantitative estimate of drug-likeness (QED) is 0.634. The molecule has 9 nitrogen and oxygen atoms in total. The summed E-state index contributed by atoms with van der Waals surface area (Å²) in [6.07, 6.45) is -0.886. The van der Waals surface area contributed by atoms with Crippen LogP contribution in [0.5, 0.6) is 0 Å². The standard InChI is InChI=1S/C26H32F3N9/c1-17-13-33-35(2)24(17)18-4-8-36(9-5-18)23-11-22(21(12-31)25(34-23)26(27,28)29)38-15-20(16-38)37-10-7-32-19(14-37)3-6-30/h11,13,18-20,32H,3-5,7-10,14-16H2,1-2H3/t19-/m1/s1. The van der Waals surface area contributed by atoms with Crippen LogP contribution in [0.25, 0.3) is 0 Å². The number of hydrogen-bond acceptors (Lipinski definition) is 8. The van der Waals surface area contributed by atoms with Crippen molar-refractivity contribution in [3.8, 4) is 12.1 Å². The Labute approximate surface area is 220 Å². The average molecular weight is 528 g/mol. The molecular weight excluding hydrogens is 495 g/mol. The van der Waals surface area contributed by atoms with Gasteiger partial charge in [-0.25, -0.2) is 4.98 Å². The molecule has 0 aromatic carbocycles. The molecule has 0 spiro atoms. The van der Waals surface area contributed by atoms with Gasteiger partial charge in [-0.1, -0.05) is 0 Å². The monoisotopic (exact) mass is 527 g/mol. The second-order valence-electron chi connectivity index (χ2n) is 10.5. The maximum atomic E-state index is 14.1. The molecule has 0 bridgehead atoms. The molecule has 1 atom stereocenters. The van der Waals surface area contributed by atoms with Gasteiger partial charge in [0.15, 0.2) is 5.69 Å². The summed E-state index contributed by atoms with van der Waals surface area (Å²) in [6, 6.07) is 5.93. The van der Waals surface area contributed by atoms with Crippen molar-refractivity contribution >= 4 is 11.5 Å². The van der Waals surface area contributed by atoms with E-state index in [0.29, 0.717) is 44.2 Å². The normalized spacial score (nSPS) is 21.7. The van der Waals surface area contributed by atoms with E-state index >= 15 is 0 Å². The number of alkyl halides is 3. The fraction of sp³-hybridized carbons (Fsp3) is 0.615. The third-order valence-corrected chi connectivity index (χ3v) is 8.09. The number of pyridine rings is 1. The Bertz CT molecular complexity index is 1220. The molecule has 5 heterocycles. The van der Waals surface area contributed by atoms with Crippen LogP contribution in [0.15, 0.2) is 12.3 Å². The summed E-state index contributed by atoms with van der Waals surface area (Å²) in [7, 11) is 1.92. The lowest BCUT2D eigenvalue weighted by atomic mass is 9.91. The summed E-state index contributed by atoms with van der Waals surface area (Å²) in [5.74, 6) is 0.560. The summed E-state index contributed by atoms with van der Waals surface area (Å²) >= 11 is 0. The summed E-state index contributed by atoms with van der Waals surface area (Å²) in [6.45, 7) is 6.60. The molecule has 0 saturated carbocycles. The predicted molar refractivity (Wildman–Crippen MR) is 136 cm³/mol. The number of halogens is 3. The lowest BCUT2D eigenvalue weighted by molar-refractivity contribution is -0.141. The van der Waals surface area contributed by atoms with Crippen molar-refractivity contribution in [2.24, 2.45) is 7.05 Å². The summed E-state index contributed by atoms with van der Waals surface area (Å²) in [5, 5.41) is 26.4. The number of nitriles is 2. The Kier molecular flexibility index (Phi) is 7.21. The number of nitrogens with one attached hydrogen (secondary N) is 1. The molecule has 3 aliphatic rings. The van der Waals surface area contributed by atoms with Gasteiger partial charge in [0.1, 0.15) is 17.5 Å². The number of hydrogen-bond donors (Lipinski definition) is 1. The molecule has 0 amide bonds. The number of anilines is 2. The zero-order chi connectivity index (χ0) is 27.0. The zero-order valence-electron chi connectivity index (χ0n) is 21.7. The minimum absolute atomic E-state index is 0.0971. The van der Waals surface area contributed by atoms with Crippen LogP contribution in [-0.4, -0.2) is 77.6 Å². The van der Waals surface area contributed by atoms with E-state index < -0.39 is 17.4 Å². The molecule has 2 aromatic heterocycles. The van der Waals surface area contributed by atoms with Crippen molar-refractivity contribution in [3.05, 3.63) is 34.8 Å². The van der Waals surface area contributed by atoms with Crippen LogP contribution in [0.2, 0.25) is 0 Å². The molecular formula is C26H32F3N9. The molecule has 3 aliphatic heterocycles. The lowest BCUT2D eigenvalue weighted by Crippen LogP contribution is -2.64. The minimum Gasteiger partial charge on any atom is -0.367 e. The van der Waals surface area contributed by atoms with Gasteiger partial charge in [-0.15, -0.1) is 0 Å². The fourth-order valence-electron chi connectivity index (χ4n) is 6.08. The maximum Gasteiger partial charge on any atom is 0.434 e. The van der Waals surface area contributed by atoms with Gasteiger partial charge in [0, 0.05) is 82.6 Å². The first-order chi connectivity index (χ1) is 18.2. The van der Waals surface area contributed by atoms with E-state index in [4.69, 9.17) is 5.26 Å². The molecule has 0 unspecified atom stereocenters. The smallest absolute Gasteiger partial charge is 0.367 e. The molecule has 12 heteroatoms. The van der Waals surface area contributed by atoms with Crippen molar-refractivity contribution in [1.29, 1.82) is 10.5 Å². The number of aryl methyl sites for hydroxylation is 2. The highest BCUT2D eigenvalue weighted by molar-refractivity contribution is 5.68. The third kappa shape index (κ3) is 5.03. The highest BCUT2D eigenvalue weighted by Gasteiger charge is 2.41. The van der Waals surface area contributed by atoms with Crippen LogP contribution in [0.1, 0.15) is 47.7 Å². The lowest BCUT2D eigenvalue weighted by Gasteiger charge is -2.49.